The number of unbranched alkanes of at least 4 members (excludes halogenated alkanes) is 1. The van der Waals surface area contributed by atoms with Crippen LogP contribution >= 0.6 is 0 Å². The zero-order valence-electron chi connectivity index (χ0n) is 23.2. The van der Waals surface area contributed by atoms with Crippen LogP contribution in [-0.2, 0) is 18.9 Å². The molecule has 2 aromatic carbocycles. The molecule has 0 radical (unpaired) electrons. The number of pyridine rings is 1. The molecule has 6 rings (SSSR count). The molecule has 4 heterocycles. The molecule has 0 saturated carbocycles. The number of rotatable bonds is 8. The normalized spacial score (nSPS) is 16.9. The molecule has 0 bridgehead atoms. The van der Waals surface area contributed by atoms with Crippen molar-refractivity contribution in [3.05, 3.63) is 77.2 Å². The van der Waals surface area contributed by atoms with Crippen molar-refractivity contribution in [2.75, 3.05) is 19.6 Å². The molecule has 4 aromatic rings. The minimum Gasteiger partial charge on any atom is -0.485 e. The molecular weight excluding hydrogens is 510 g/mol. The Morgan fingerprint density at radius 1 is 1.12 bits per heavy atom. The van der Waals surface area contributed by atoms with Crippen LogP contribution in [-0.4, -0.2) is 71.9 Å². The van der Waals surface area contributed by atoms with Crippen molar-refractivity contribution in [1.82, 2.24) is 24.6 Å². The molecule has 0 unspecified atom stereocenters. The van der Waals surface area contributed by atoms with Crippen LogP contribution in [0.5, 0.6) is 5.75 Å². The first-order valence-electron chi connectivity index (χ1n) is 13.8. The second-order valence-corrected chi connectivity index (χ2v) is 11.3. The lowest BCUT2D eigenvalue weighted by Gasteiger charge is -2.39. The summed E-state index contributed by atoms with van der Waals surface area (Å²) in [6, 6.07) is 9.71. The number of carbonyl (C=O) groups is 1. The topological polar surface area (TPSA) is 63.5 Å². The molecule has 2 aliphatic rings. The number of benzene rings is 2. The van der Waals surface area contributed by atoms with Gasteiger partial charge in [-0.25, -0.2) is 8.78 Å². The number of carbonyl (C=O) groups excluding carboxylic acids is 1. The van der Waals surface area contributed by atoms with E-state index in [0.717, 1.165) is 25.0 Å². The first-order valence-corrected chi connectivity index (χ1v) is 13.8. The molecule has 1 amide bonds. The lowest BCUT2D eigenvalue weighted by atomic mass is 9.59. The maximum atomic E-state index is 15.5. The zero-order valence-corrected chi connectivity index (χ0v) is 23.2. The summed E-state index contributed by atoms with van der Waals surface area (Å²) in [6.45, 7) is 4.82. The van der Waals surface area contributed by atoms with Gasteiger partial charge in [0.15, 0.2) is 0 Å². The predicted octanol–water partition coefficient (Wildman–Crippen LogP) is 2.81. The summed E-state index contributed by atoms with van der Waals surface area (Å²) >= 11 is 0. The van der Waals surface area contributed by atoms with Crippen molar-refractivity contribution in [2.45, 2.75) is 37.8 Å². The average Bonchev–Trinajstić information content (AvgIpc) is 3.38. The monoisotopic (exact) mass is 541 g/mol. The highest BCUT2D eigenvalue weighted by Gasteiger charge is 2.44. The molecule has 204 valence electrons. The highest BCUT2D eigenvalue weighted by Crippen LogP contribution is 2.38. The van der Waals surface area contributed by atoms with Gasteiger partial charge in [0.05, 0.1) is 17.8 Å². The summed E-state index contributed by atoms with van der Waals surface area (Å²) in [5, 5.41) is 4.56. The molecule has 1 saturated heterocycles. The van der Waals surface area contributed by atoms with Crippen molar-refractivity contribution in [2.24, 2.45) is 7.05 Å². The molecule has 0 spiro atoms. The van der Waals surface area contributed by atoms with Crippen molar-refractivity contribution in [3.8, 4) is 16.9 Å². The minimum absolute atomic E-state index is 0.0981. The van der Waals surface area contributed by atoms with Crippen LogP contribution in [0.3, 0.4) is 0 Å². The average molecular weight is 541 g/mol. The van der Waals surface area contributed by atoms with Gasteiger partial charge in [-0.1, -0.05) is 13.3 Å². The molecule has 0 atom stereocenters. The van der Waals surface area contributed by atoms with Gasteiger partial charge in [-0.3, -0.25) is 19.4 Å². The van der Waals surface area contributed by atoms with Crippen LogP contribution in [0.25, 0.3) is 22.0 Å². The molecule has 7 nitrogen and oxygen atoms in total. The fourth-order valence-electron chi connectivity index (χ4n) is 5.81. The third-order valence-corrected chi connectivity index (χ3v) is 8.10. The smallest absolute Gasteiger partial charge is 0.255 e. The number of likely N-dealkylation sites (tertiary alicyclic amines) is 1. The van der Waals surface area contributed by atoms with Crippen LogP contribution in [0.4, 0.5) is 8.78 Å². The van der Waals surface area contributed by atoms with Gasteiger partial charge in [0.2, 0.25) is 0 Å². The largest absolute Gasteiger partial charge is 0.485 e. The minimum atomic E-state index is -0.795. The maximum Gasteiger partial charge on any atom is 0.255 e. The summed E-state index contributed by atoms with van der Waals surface area (Å²) < 4.78 is 39.0. The fraction of sp³-hybridized carbons (Fsp3) is 0.345. The van der Waals surface area contributed by atoms with E-state index in [1.54, 1.807) is 23.0 Å². The van der Waals surface area contributed by atoms with Gasteiger partial charge in [-0.15, -0.1) is 0 Å². The molecule has 11 heteroatoms. The Labute approximate surface area is 233 Å². The Balaban J connectivity index is 1.27. The zero-order chi connectivity index (χ0) is 28.2. The number of fused-ring (bicyclic) bond motifs is 2. The Hall–Kier alpha value is -3.72. The summed E-state index contributed by atoms with van der Waals surface area (Å²) in [7, 11) is 5.49. The van der Waals surface area contributed by atoms with Crippen molar-refractivity contribution < 1.29 is 18.3 Å². The number of nitrogens with zero attached hydrogens (tertiary/aromatic N) is 5. The number of halogens is 2. The van der Waals surface area contributed by atoms with Crippen molar-refractivity contribution >= 4 is 32.5 Å². The lowest BCUT2D eigenvalue weighted by Crippen LogP contribution is -2.53. The van der Waals surface area contributed by atoms with E-state index < -0.39 is 17.0 Å². The van der Waals surface area contributed by atoms with Gasteiger partial charge in [-0.2, -0.15) is 5.10 Å². The van der Waals surface area contributed by atoms with Gasteiger partial charge in [0.1, 0.15) is 44.7 Å². The van der Waals surface area contributed by atoms with E-state index in [9.17, 15) is 4.79 Å². The highest BCUT2D eigenvalue weighted by molar-refractivity contribution is 6.42. The number of ether oxygens (including phenoxy) is 1. The van der Waals surface area contributed by atoms with Crippen molar-refractivity contribution in [1.29, 1.82) is 0 Å². The number of aryl methyl sites for hydroxylation is 1. The van der Waals surface area contributed by atoms with Gasteiger partial charge in [0, 0.05) is 48.8 Å². The third kappa shape index (κ3) is 4.46. The van der Waals surface area contributed by atoms with E-state index in [0.29, 0.717) is 33.7 Å². The van der Waals surface area contributed by atoms with Crippen LogP contribution in [0.2, 0.25) is 0 Å². The highest BCUT2D eigenvalue weighted by atomic mass is 19.1. The summed E-state index contributed by atoms with van der Waals surface area (Å²) in [5.41, 5.74) is 2.63. The first kappa shape index (κ1) is 26.5. The Morgan fingerprint density at radius 2 is 1.88 bits per heavy atom. The number of hydrogen-bond donors (Lipinski definition) is 0. The first-order chi connectivity index (χ1) is 19.2. The summed E-state index contributed by atoms with van der Waals surface area (Å²) in [6.07, 6.45) is 5.90. The number of hydrogen-bond acceptors (Lipinski definition) is 5. The second kappa shape index (κ2) is 10.0. The summed E-state index contributed by atoms with van der Waals surface area (Å²) in [5.74, 6) is -1.04. The van der Waals surface area contributed by atoms with Crippen LogP contribution in [0.1, 0.15) is 41.4 Å². The van der Waals surface area contributed by atoms with Gasteiger partial charge in [-0.05, 0) is 60.5 Å². The molecule has 0 aliphatic carbocycles. The SMILES string of the molecule is BC1(B)c2ncccc2C(=O)N1Cc1c(F)cc(-c2ccc(OC3CN(CCCC)C3)c3nn(C)cc23)cc1F. The van der Waals surface area contributed by atoms with Gasteiger partial charge >= 0.3 is 0 Å². The van der Waals surface area contributed by atoms with E-state index in [1.165, 1.54) is 29.9 Å². The molecule has 1 fully saturated rings. The molecule has 40 heavy (non-hydrogen) atoms. The Bertz CT molecular complexity index is 1600. The van der Waals surface area contributed by atoms with E-state index in [4.69, 9.17) is 4.74 Å². The number of aromatic nitrogens is 3. The Morgan fingerprint density at radius 3 is 2.58 bits per heavy atom. The quantitative estimate of drug-likeness (QED) is 0.322. The maximum absolute atomic E-state index is 15.5. The van der Waals surface area contributed by atoms with E-state index in [1.807, 2.05) is 41.1 Å². The van der Waals surface area contributed by atoms with E-state index in [2.05, 4.69) is 21.9 Å². The van der Waals surface area contributed by atoms with Crippen LogP contribution in [0, 0.1) is 11.6 Å². The fourth-order valence-corrected chi connectivity index (χ4v) is 5.81. The standard InChI is InChI=1S/C29H31B2F2N5O2/c1-3-4-10-37-13-18(14-37)40-25-8-7-19(21-15-36(2)35-26(21)25)17-11-23(32)22(24(33)12-17)16-38-28(39)20-6-5-9-34-27(20)29(38,30)31/h5-9,11-12,15,18H,3-4,10,13-14,16,30-31H2,1-2H3. The number of amides is 1. The third-order valence-electron chi connectivity index (χ3n) is 8.10. The van der Waals surface area contributed by atoms with Crippen molar-refractivity contribution in [3.63, 3.8) is 0 Å². The van der Waals surface area contributed by atoms with Crippen LogP contribution in [0.15, 0.2) is 48.8 Å². The molecular formula is C29H31B2F2N5O2. The molecule has 2 aromatic heterocycles. The van der Waals surface area contributed by atoms with E-state index >= 15 is 8.78 Å². The van der Waals surface area contributed by atoms with Crippen LogP contribution < -0.4 is 4.74 Å². The lowest BCUT2D eigenvalue weighted by molar-refractivity contribution is 0.0202. The molecule has 2 aliphatic heterocycles. The molecule has 0 N–H and O–H groups in total. The van der Waals surface area contributed by atoms with Gasteiger partial charge in [0.25, 0.3) is 5.91 Å². The van der Waals surface area contributed by atoms with Gasteiger partial charge < -0.3 is 9.64 Å². The summed E-state index contributed by atoms with van der Waals surface area (Å²) in [4.78, 5) is 21.3. The predicted molar refractivity (Wildman–Crippen MR) is 155 cm³/mol. The van der Waals surface area contributed by atoms with E-state index in [-0.39, 0.29) is 24.1 Å². The second-order valence-electron chi connectivity index (χ2n) is 11.3. The Kier molecular flexibility index (Phi) is 6.65.